The minimum absolute atomic E-state index is 0.206. The second kappa shape index (κ2) is 6.33. The fraction of sp³-hybridized carbons (Fsp3) is 0.333. The van der Waals surface area contributed by atoms with Crippen LogP contribution in [0.15, 0.2) is 41.5 Å². The van der Waals surface area contributed by atoms with Crippen molar-refractivity contribution in [2.24, 2.45) is 0 Å². The van der Waals surface area contributed by atoms with Crippen LogP contribution in [0.4, 0.5) is 0 Å². The van der Waals surface area contributed by atoms with Gasteiger partial charge in [0.2, 0.25) is 0 Å². The maximum absolute atomic E-state index is 13.3. The molecule has 0 atom stereocenters. The van der Waals surface area contributed by atoms with E-state index < -0.39 is 0 Å². The first-order valence-electron chi connectivity index (χ1n) is 9.46. The molecule has 148 valence electrons. The van der Waals surface area contributed by atoms with Crippen LogP contribution in [0.2, 0.25) is 0 Å². The molecule has 0 N–H and O–H groups in total. The number of hydrogen-bond donors (Lipinski definition) is 0. The van der Waals surface area contributed by atoms with Gasteiger partial charge in [-0.3, -0.25) is 9.55 Å². The van der Waals surface area contributed by atoms with Gasteiger partial charge in [0, 0.05) is 35.8 Å². The smallest absolute Gasteiger partial charge is 0.352 e. The highest BCUT2D eigenvalue weighted by molar-refractivity contribution is 7.19. The van der Waals surface area contributed by atoms with E-state index in [-0.39, 0.29) is 11.3 Å². The van der Waals surface area contributed by atoms with Gasteiger partial charge in [-0.25, -0.2) is 9.78 Å². The lowest BCUT2D eigenvalue weighted by Gasteiger charge is -2.30. The number of ether oxygens (including phenoxy) is 1. The Kier molecular flexibility index (Phi) is 3.97. The summed E-state index contributed by atoms with van der Waals surface area (Å²) < 4.78 is 9.20. The Balaban J connectivity index is 1.88. The average molecular weight is 407 g/mol. The summed E-state index contributed by atoms with van der Waals surface area (Å²) >= 11 is 1.61. The van der Waals surface area contributed by atoms with Gasteiger partial charge in [-0.1, -0.05) is 12.2 Å². The average Bonchev–Trinajstić information content (AvgIpc) is 3.26. The van der Waals surface area contributed by atoms with Gasteiger partial charge in [-0.2, -0.15) is 4.52 Å². The van der Waals surface area contributed by atoms with Crippen molar-refractivity contribution in [3.05, 3.63) is 57.6 Å². The minimum Gasteiger partial charge on any atom is -0.370 e. The molecule has 1 aliphatic heterocycles. The Bertz CT molecular complexity index is 1330. The molecule has 0 radical (unpaired) electrons. The summed E-state index contributed by atoms with van der Waals surface area (Å²) in [6.07, 6.45) is 4.16. The maximum Gasteiger partial charge on any atom is 0.352 e. The second-order valence-electron chi connectivity index (χ2n) is 8.14. The lowest BCUT2D eigenvalue weighted by atomic mass is 9.94. The SMILES string of the molecule is C=C(C)Cn1c(=O)n2nc(-c3ccncc3)nc2c2c3c(sc21)COC(C)(C)C3. The maximum atomic E-state index is 13.3. The van der Waals surface area contributed by atoms with E-state index in [0.717, 1.165) is 32.7 Å². The summed E-state index contributed by atoms with van der Waals surface area (Å²) in [6, 6.07) is 3.69. The van der Waals surface area contributed by atoms with Crippen LogP contribution in [0.1, 0.15) is 31.2 Å². The quantitative estimate of drug-likeness (QED) is 0.485. The summed E-state index contributed by atoms with van der Waals surface area (Å²) in [4.78, 5) is 24.2. The zero-order valence-corrected chi connectivity index (χ0v) is 17.4. The summed E-state index contributed by atoms with van der Waals surface area (Å²) in [7, 11) is 0. The third kappa shape index (κ3) is 2.90. The summed E-state index contributed by atoms with van der Waals surface area (Å²) in [5.41, 5.74) is 3.07. The Morgan fingerprint density at radius 1 is 1.34 bits per heavy atom. The second-order valence-corrected chi connectivity index (χ2v) is 9.23. The van der Waals surface area contributed by atoms with Crippen molar-refractivity contribution in [3.63, 3.8) is 0 Å². The zero-order chi connectivity index (χ0) is 20.3. The third-order valence-electron chi connectivity index (χ3n) is 5.12. The molecule has 29 heavy (non-hydrogen) atoms. The Labute approximate surface area is 171 Å². The van der Waals surface area contributed by atoms with Crippen molar-refractivity contribution in [1.29, 1.82) is 0 Å². The van der Waals surface area contributed by atoms with Gasteiger partial charge in [0.25, 0.3) is 0 Å². The van der Waals surface area contributed by atoms with Crippen LogP contribution >= 0.6 is 11.3 Å². The number of nitrogens with zero attached hydrogens (tertiary/aromatic N) is 5. The molecule has 0 unspecified atom stereocenters. The number of hydrogen-bond acceptors (Lipinski definition) is 6. The van der Waals surface area contributed by atoms with E-state index in [2.05, 4.69) is 30.5 Å². The highest BCUT2D eigenvalue weighted by atomic mass is 32.1. The van der Waals surface area contributed by atoms with Crippen molar-refractivity contribution < 1.29 is 4.74 Å². The molecular formula is C21H21N5O2S. The van der Waals surface area contributed by atoms with E-state index in [0.29, 0.717) is 24.6 Å². The third-order valence-corrected chi connectivity index (χ3v) is 6.35. The molecule has 5 rings (SSSR count). The predicted molar refractivity (Wildman–Crippen MR) is 113 cm³/mol. The predicted octanol–water partition coefficient (Wildman–Crippen LogP) is 3.60. The van der Waals surface area contributed by atoms with E-state index in [1.54, 1.807) is 28.3 Å². The minimum atomic E-state index is -0.263. The van der Waals surface area contributed by atoms with Crippen molar-refractivity contribution >= 4 is 27.2 Å². The molecule has 4 aromatic heterocycles. The highest BCUT2D eigenvalue weighted by Crippen LogP contribution is 2.40. The number of rotatable bonds is 3. The van der Waals surface area contributed by atoms with Gasteiger partial charge in [-0.05, 0) is 38.5 Å². The van der Waals surface area contributed by atoms with Crippen LogP contribution in [0.3, 0.4) is 0 Å². The zero-order valence-electron chi connectivity index (χ0n) is 16.6. The van der Waals surface area contributed by atoms with Gasteiger partial charge in [-0.15, -0.1) is 16.4 Å². The fourth-order valence-electron chi connectivity index (χ4n) is 3.80. The highest BCUT2D eigenvalue weighted by Gasteiger charge is 2.32. The van der Waals surface area contributed by atoms with E-state index in [1.165, 1.54) is 10.1 Å². The van der Waals surface area contributed by atoms with E-state index in [1.807, 2.05) is 19.1 Å². The molecule has 1 aliphatic rings. The molecular weight excluding hydrogens is 386 g/mol. The molecule has 8 heteroatoms. The molecule has 0 fully saturated rings. The van der Waals surface area contributed by atoms with Gasteiger partial charge in [0.1, 0.15) is 4.83 Å². The topological polar surface area (TPSA) is 74.3 Å². The van der Waals surface area contributed by atoms with Crippen molar-refractivity contribution in [1.82, 2.24) is 24.1 Å². The molecule has 0 bridgehead atoms. The van der Waals surface area contributed by atoms with Crippen molar-refractivity contribution in [3.8, 4) is 11.4 Å². The number of aromatic nitrogens is 5. The summed E-state index contributed by atoms with van der Waals surface area (Å²) in [6.45, 7) is 11.1. The fourth-order valence-corrected chi connectivity index (χ4v) is 5.02. The first kappa shape index (κ1) is 18.2. The lowest BCUT2D eigenvalue weighted by Crippen LogP contribution is -2.31. The largest absolute Gasteiger partial charge is 0.370 e. The molecule has 7 nitrogen and oxygen atoms in total. The monoisotopic (exact) mass is 407 g/mol. The van der Waals surface area contributed by atoms with Crippen LogP contribution in [0.5, 0.6) is 0 Å². The van der Waals surface area contributed by atoms with Crippen LogP contribution in [-0.4, -0.2) is 29.8 Å². The van der Waals surface area contributed by atoms with Crippen molar-refractivity contribution in [2.75, 3.05) is 0 Å². The number of allylic oxidation sites excluding steroid dienone is 1. The normalized spacial score (nSPS) is 15.7. The Morgan fingerprint density at radius 3 is 2.83 bits per heavy atom. The van der Waals surface area contributed by atoms with Crippen molar-refractivity contribution in [2.45, 2.75) is 45.9 Å². The molecule has 0 aromatic carbocycles. The number of fused-ring (bicyclic) bond motifs is 5. The van der Waals surface area contributed by atoms with E-state index in [9.17, 15) is 4.79 Å². The number of pyridine rings is 1. The summed E-state index contributed by atoms with van der Waals surface area (Å²) in [5, 5.41) is 5.55. The van der Waals surface area contributed by atoms with Gasteiger partial charge < -0.3 is 4.74 Å². The Morgan fingerprint density at radius 2 is 2.10 bits per heavy atom. The first-order chi connectivity index (χ1) is 13.8. The van der Waals surface area contributed by atoms with Crippen LogP contribution in [0.25, 0.3) is 27.3 Å². The molecule has 0 amide bonds. The Hall–Kier alpha value is -2.84. The van der Waals surface area contributed by atoms with Gasteiger partial charge in [0.05, 0.1) is 17.6 Å². The summed E-state index contributed by atoms with van der Waals surface area (Å²) in [5.74, 6) is 0.519. The lowest BCUT2D eigenvalue weighted by molar-refractivity contribution is -0.0379. The van der Waals surface area contributed by atoms with Gasteiger partial charge >= 0.3 is 5.69 Å². The molecule has 0 aliphatic carbocycles. The van der Waals surface area contributed by atoms with Crippen LogP contribution < -0.4 is 5.69 Å². The molecule has 4 aromatic rings. The molecule has 0 spiro atoms. The number of thiophene rings is 1. The van der Waals surface area contributed by atoms with E-state index in [4.69, 9.17) is 9.72 Å². The molecule has 5 heterocycles. The standard InChI is InChI=1S/C21H21N5O2S/c1-12(2)10-25-19-16(14-9-21(3,4)28-11-15(14)29-19)18-23-17(24-26(18)20(25)27)13-5-7-22-8-6-13/h5-8H,1,9-11H2,2-4H3. The first-order valence-corrected chi connectivity index (χ1v) is 10.3. The van der Waals surface area contributed by atoms with Crippen LogP contribution in [0, 0.1) is 0 Å². The molecule has 0 saturated heterocycles. The van der Waals surface area contributed by atoms with Gasteiger partial charge in [0.15, 0.2) is 11.5 Å². The molecule has 0 saturated carbocycles. The van der Waals surface area contributed by atoms with E-state index >= 15 is 0 Å². The van der Waals surface area contributed by atoms with Crippen LogP contribution in [-0.2, 0) is 24.3 Å².